The average molecular weight is 280 g/mol. The van der Waals surface area contributed by atoms with Gasteiger partial charge in [-0.15, -0.1) is 0 Å². The molecule has 1 N–H and O–H groups in total. The fraction of sp³-hybridized carbons (Fsp3) is 0.889. The highest BCUT2D eigenvalue weighted by Gasteiger charge is 2.52. The second-order valence-corrected chi connectivity index (χ2v) is 7.10. The van der Waals surface area contributed by atoms with E-state index in [-0.39, 0.29) is 12.0 Å². The first-order chi connectivity index (χ1) is 9.56. The molecule has 0 spiro atoms. The minimum Gasteiger partial charge on any atom is -0.396 e. The van der Waals surface area contributed by atoms with Gasteiger partial charge in [-0.3, -0.25) is 0 Å². The minimum absolute atomic E-state index is 0.0515. The Hall–Kier alpha value is -0.340. The van der Waals surface area contributed by atoms with Crippen LogP contribution in [-0.4, -0.2) is 24.4 Å². The van der Waals surface area contributed by atoms with E-state index in [1.54, 1.807) is 0 Å². The Kier molecular flexibility index (Phi) is 5.30. The van der Waals surface area contributed by atoms with Crippen LogP contribution in [-0.2, 0) is 4.74 Å². The van der Waals surface area contributed by atoms with E-state index >= 15 is 0 Å². The third-order valence-electron chi connectivity index (χ3n) is 5.99. The molecule has 1 saturated heterocycles. The van der Waals surface area contributed by atoms with E-state index in [9.17, 15) is 5.11 Å². The van der Waals surface area contributed by atoms with Crippen LogP contribution in [0.2, 0.25) is 0 Å². The number of fused-ring (bicyclic) bond motifs is 2. The maximum atomic E-state index is 9.94. The Bertz CT molecular complexity index is 349. The Morgan fingerprint density at radius 3 is 2.70 bits per heavy atom. The number of aliphatic hydroxyl groups excluding tert-OH is 1. The molecule has 0 aromatic rings. The largest absolute Gasteiger partial charge is 0.396 e. The average Bonchev–Trinajstić information content (AvgIpc) is 2.42. The second kappa shape index (κ2) is 6.62. The van der Waals surface area contributed by atoms with Gasteiger partial charge in [0.1, 0.15) is 0 Å². The predicted molar refractivity (Wildman–Crippen MR) is 83.6 cm³/mol. The lowest BCUT2D eigenvalue weighted by atomic mass is 9.56. The van der Waals surface area contributed by atoms with Gasteiger partial charge in [0, 0.05) is 11.3 Å². The van der Waals surface area contributed by atoms with Crippen LogP contribution < -0.4 is 0 Å². The maximum absolute atomic E-state index is 9.94. The number of hydrogen-bond donors (Lipinski definition) is 1. The zero-order valence-corrected chi connectivity index (χ0v) is 13.7. The third kappa shape index (κ3) is 2.69. The molecule has 2 nitrogen and oxygen atoms in total. The Morgan fingerprint density at radius 2 is 2.05 bits per heavy atom. The molecule has 5 atom stereocenters. The van der Waals surface area contributed by atoms with Crippen LogP contribution in [0.1, 0.15) is 59.8 Å². The molecule has 20 heavy (non-hydrogen) atoms. The highest BCUT2D eigenvalue weighted by molar-refractivity contribution is 5.20. The minimum atomic E-state index is -0.0515. The molecule has 0 aromatic carbocycles. The van der Waals surface area contributed by atoms with Gasteiger partial charge in [-0.25, -0.2) is 0 Å². The molecule has 1 aliphatic carbocycles. The summed E-state index contributed by atoms with van der Waals surface area (Å²) in [4.78, 5) is 0. The lowest BCUT2D eigenvalue weighted by molar-refractivity contribution is -0.164. The highest BCUT2D eigenvalue weighted by Crippen LogP contribution is 2.52. The fourth-order valence-electron chi connectivity index (χ4n) is 4.45. The number of unbranched alkanes of at least 4 members (excludes halogenated alkanes) is 3. The lowest BCUT2D eigenvalue weighted by Crippen LogP contribution is -2.56. The van der Waals surface area contributed by atoms with Crippen molar-refractivity contribution in [1.29, 1.82) is 0 Å². The number of hydrogen-bond acceptors (Lipinski definition) is 2. The van der Waals surface area contributed by atoms with Crippen LogP contribution in [0.5, 0.6) is 0 Å². The molecule has 0 aromatic heterocycles. The van der Waals surface area contributed by atoms with Crippen molar-refractivity contribution in [2.45, 2.75) is 65.9 Å². The summed E-state index contributed by atoms with van der Waals surface area (Å²) in [5.74, 6) is 1.45. The predicted octanol–water partition coefficient (Wildman–Crippen LogP) is 4.18. The van der Waals surface area contributed by atoms with Gasteiger partial charge in [0.25, 0.3) is 0 Å². The van der Waals surface area contributed by atoms with Gasteiger partial charge in [0.15, 0.2) is 0 Å². The molecule has 2 aliphatic rings. The molecule has 116 valence electrons. The Balaban J connectivity index is 2.08. The maximum Gasteiger partial charge on any atom is 0.0643 e. The van der Waals surface area contributed by atoms with Crippen LogP contribution in [0.4, 0.5) is 0 Å². The van der Waals surface area contributed by atoms with Gasteiger partial charge >= 0.3 is 0 Å². The van der Waals surface area contributed by atoms with Crippen LogP contribution in [0, 0.1) is 23.2 Å². The van der Waals surface area contributed by atoms with Crippen LogP contribution >= 0.6 is 0 Å². The normalized spacial score (nSPS) is 40.5. The molecule has 2 bridgehead atoms. The third-order valence-corrected chi connectivity index (χ3v) is 5.99. The van der Waals surface area contributed by atoms with Crippen molar-refractivity contribution < 1.29 is 9.84 Å². The number of allylic oxidation sites excluding steroid dienone is 1. The van der Waals surface area contributed by atoms with Crippen LogP contribution in [0.25, 0.3) is 0 Å². The van der Waals surface area contributed by atoms with Gasteiger partial charge in [-0.1, -0.05) is 58.1 Å². The topological polar surface area (TPSA) is 29.5 Å². The molecular formula is C18H32O2. The van der Waals surface area contributed by atoms with E-state index in [2.05, 4.69) is 33.8 Å². The van der Waals surface area contributed by atoms with Crippen molar-refractivity contribution in [3.05, 3.63) is 11.6 Å². The van der Waals surface area contributed by atoms with Crippen molar-refractivity contribution in [3.8, 4) is 0 Å². The van der Waals surface area contributed by atoms with Crippen molar-refractivity contribution in [3.63, 3.8) is 0 Å². The molecule has 1 aliphatic heterocycles. The zero-order chi connectivity index (χ0) is 14.8. The van der Waals surface area contributed by atoms with Crippen molar-refractivity contribution in [2.24, 2.45) is 23.2 Å². The van der Waals surface area contributed by atoms with E-state index in [4.69, 9.17) is 4.74 Å². The van der Waals surface area contributed by atoms with Crippen LogP contribution in [0.3, 0.4) is 0 Å². The van der Waals surface area contributed by atoms with E-state index in [1.807, 2.05) is 0 Å². The SMILES string of the molecule is CCCCCC[C@@H]1OC[C@]2(CO)[C@@H](C)C=C(C)[C@H]1[C@@H]2C. The smallest absolute Gasteiger partial charge is 0.0643 e. The van der Waals surface area contributed by atoms with Crippen LogP contribution in [0.15, 0.2) is 11.6 Å². The molecule has 2 heteroatoms. The van der Waals surface area contributed by atoms with Gasteiger partial charge in [0.05, 0.1) is 19.3 Å². The van der Waals surface area contributed by atoms with E-state index in [0.717, 1.165) is 6.61 Å². The second-order valence-electron chi connectivity index (χ2n) is 7.10. The quantitative estimate of drug-likeness (QED) is 0.584. The first-order valence-electron chi connectivity index (χ1n) is 8.47. The summed E-state index contributed by atoms with van der Waals surface area (Å²) in [5, 5.41) is 9.94. The van der Waals surface area contributed by atoms with E-state index in [0.29, 0.717) is 23.9 Å². The molecule has 2 rings (SSSR count). The van der Waals surface area contributed by atoms with E-state index < -0.39 is 0 Å². The van der Waals surface area contributed by atoms with Crippen molar-refractivity contribution in [1.82, 2.24) is 0 Å². The summed E-state index contributed by atoms with van der Waals surface area (Å²) in [6, 6.07) is 0. The van der Waals surface area contributed by atoms with Gasteiger partial charge in [-0.2, -0.15) is 0 Å². The summed E-state index contributed by atoms with van der Waals surface area (Å²) in [7, 11) is 0. The summed E-state index contributed by atoms with van der Waals surface area (Å²) in [5.41, 5.74) is 1.43. The lowest BCUT2D eigenvalue weighted by Gasteiger charge is -2.55. The zero-order valence-electron chi connectivity index (χ0n) is 13.7. The first kappa shape index (κ1) is 16.0. The monoisotopic (exact) mass is 280 g/mol. The number of ether oxygens (including phenoxy) is 1. The molecule has 0 radical (unpaired) electrons. The number of rotatable bonds is 6. The Morgan fingerprint density at radius 1 is 1.30 bits per heavy atom. The molecule has 1 heterocycles. The summed E-state index contributed by atoms with van der Waals surface area (Å²) in [6.45, 7) is 10.0. The van der Waals surface area contributed by atoms with Crippen molar-refractivity contribution >= 4 is 0 Å². The molecule has 1 fully saturated rings. The first-order valence-corrected chi connectivity index (χ1v) is 8.47. The molecule has 0 saturated carbocycles. The molecule has 0 unspecified atom stereocenters. The molecule has 0 amide bonds. The molecular weight excluding hydrogens is 248 g/mol. The standard InChI is InChI=1S/C18H32O2/c1-5-6-7-8-9-16-17-13(2)10-14(3)18(11-19,12-20-16)15(17)4/h10,14-17,19H,5-9,11-12H2,1-4H3/t14-,15-,16-,17-,18+/m0/s1. The Labute approximate surface area is 124 Å². The van der Waals surface area contributed by atoms with Crippen molar-refractivity contribution in [2.75, 3.05) is 13.2 Å². The van der Waals surface area contributed by atoms with E-state index in [1.165, 1.54) is 37.7 Å². The van der Waals surface area contributed by atoms with Gasteiger partial charge in [0.2, 0.25) is 0 Å². The van der Waals surface area contributed by atoms with Gasteiger partial charge < -0.3 is 9.84 Å². The van der Waals surface area contributed by atoms with Gasteiger partial charge in [-0.05, 0) is 25.2 Å². The summed E-state index contributed by atoms with van der Waals surface area (Å²) < 4.78 is 6.23. The summed E-state index contributed by atoms with van der Waals surface area (Å²) in [6.07, 6.45) is 9.15. The number of aliphatic hydroxyl groups is 1. The summed E-state index contributed by atoms with van der Waals surface area (Å²) >= 11 is 0. The fourth-order valence-corrected chi connectivity index (χ4v) is 4.45. The highest BCUT2D eigenvalue weighted by atomic mass is 16.5.